The molecule has 0 amide bonds. The third-order valence-corrected chi connectivity index (χ3v) is 3.20. The smallest absolute Gasteiger partial charge is 0.229 e. The Morgan fingerprint density at radius 3 is 2.83 bits per heavy atom. The molecule has 0 radical (unpaired) electrons. The summed E-state index contributed by atoms with van der Waals surface area (Å²) in [5.74, 6) is 1.18. The fraction of sp³-hybridized carbons (Fsp3) is 0.385. The van der Waals surface area contributed by atoms with Crippen LogP contribution in [0.1, 0.15) is 19.7 Å². The van der Waals surface area contributed by atoms with Crippen molar-refractivity contribution in [2.24, 2.45) is 5.92 Å². The minimum Gasteiger partial charge on any atom is -0.392 e. The Morgan fingerprint density at radius 2 is 2.17 bits per heavy atom. The van der Waals surface area contributed by atoms with E-state index in [1.807, 2.05) is 38.1 Å². The zero-order chi connectivity index (χ0) is 13.1. The van der Waals surface area contributed by atoms with Gasteiger partial charge in [-0.15, -0.1) is 0 Å². The molecule has 0 bridgehead atoms. The van der Waals surface area contributed by atoms with Gasteiger partial charge in [-0.3, -0.25) is 0 Å². The first-order valence-electron chi connectivity index (χ1n) is 5.83. The van der Waals surface area contributed by atoms with Crippen molar-refractivity contribution in [3.63, 3.8) is 0 Å². The van der Waals surface area contributed by atoms with Gasteiger partial charge in [0.1, 0.15) is 0 Å². The molecule has 0 fully saturated rings. The largest absolute Gasteiger partial charge is 0.392 e. The van der Waals surface area contributed by atoms with Crippen LogP contribution in [0.5, 0.6) is 0 Å². The van der Waals surface area contributed by atoms with Gasteiger partial charge in [-0.1, -0.05) is 47.1 Å². The first-order chi connectivity index (χ1) is 8.56. The standard InChI is InChI=1S/C13H15BrN2O2/c1-8(2)11(17)7-12-15-13(16-18-12)9-4-3-5-10(14)6-9/h3-6,8,11,17H,7H2,1-2H3. The Kier molecular flexibility index (Phi) is 4.14. The molecule has 0 saturated carbocycles. The minimum atomic E-state index is -0.458. The summed E-state index contributed by atoms with van der Waals surface area (Å²) < 4.78 is 6.11. The molecule has 0 spiro atoms. The Balaban J connectivity index is 2.15. The number of hydrogen-bond donors (Lipinski definition) is 1. The molecule has 1 aromatic carbocycles. The van der Waals surface area contributed by atoms with Crippen molar-refractivity contribution < 1.29 is 9.63 Å². The van der Waals surface area contributed by atoms with Crippen LogP contribution in [0.15, 0.2) is 33.3 Å². The van der Waals surface area contributed by atoms with Gasteiger partial charge in [0.15, 0.2) is 0 Å². The number of halogens is 1. The highest BCUT2D eigenvalue weighted by Crippen LogP contribution is 2.21. The molecule has 0 saturated heterocycles. The number of rotatable bonds is 4. The van der Waals surface area contributed by atoms with Crippen molar-refractivity contribution in [3.05, 3.63) is 34.6 Å². The molecule has 5 heteroatoms. The summed E-state index contributed by atoms with van der Waals surface area (Å²) in [5, 5.41) is 13.7. The zero-order valence-corrected chi connectivity index (χ0v) is 11.9. The van der Waals surface area contributed by atoms with Crippen LogP contribution >= 0.6 is 15.9 Å². The third-order valence-electron chi connectivity index (χ3n) is 2.70. The van der Waals surface area contributed by atoms with E-state index in [2.05, 4.69) is 26.1 Å². The molecular formula is C13H15BrN2O2. The highest BCUT2D eigenvalue weighted by atomic mass is 79.9. The lowest BCUT2D eigenvalue weighted by molar-refractivity contribution is 0.116. The van der Waals surface area contributed by atoms with Crippen LogP contribution in [0.2, 0.25) is 0 Å². The molecule has 1 N–H and O–H groups in total. The van der Waals surface area contributed by atoms with Gasteiger partial charge in [-0.25, -0.2) is 0 Å². The maximum atomic E-state index is 9.77. The predicted octanol–water partition coefficient (Wildman–Crippen LogP) is 3.06. The quantitative estimate of drug-likeness (QED) is 0.943. The van der Waals surface area contributed by atoms with Gasteiger partial charge in [0.25, 0.3) is 0 Å². The normalized spacial score (nSPS) is 12.9. The van der Waals surface area contributed by atoms with Gasteiger partial charge in [0.2, 0.25) is 11.7 Å². The van der Waals surface area contributed by atoms with E-state index >= 15 is 0 Å². The maximum Gasteiger partial charge on any atom is 0.229 e. The van der Waals surface area contributed by atoms with Crippen LogP contribution in [-0.4, -0.2) is 21.4 Å². The van der Waals surface area contributed by atoms with Crippen LogP contribution in [0, 0.1) is 5.92 Å². The summed E-state index contributed by atoms with van der Waals surface area (Å²) in [5.41, 5.74) is 0.887. The fourth-order valence-electron chi connectivity index (χ4n) is 1.50. The molecule has 1 unspecified atom stereocenters. The predicted molar refractivity (Wildman–Crippen MR) is 72.0 cm³/mol. The topological polar surface area (TPSA) is 59.2 Å². The molecule has 1 heterocycles. The van der Waals surface area contributed by atoms with E-state index in [4.69, 9.17) is 4.52 Å². The Hall–Kier alpha value is -1.20. The Labute approximate surface area is 114 Å². The van der Waals surface area contributed by atoms with Crippen LogP contribution in [0.25, 0.3) is 11.4 Å². The van der Waals surface area contributed by atoms with E-state index in [1.165, 1.54) is 0 Å². The molecule has 2 aromatic rings. The SMILES string of the molecule is CC(C)C(O)Cc1nc(-c2cccc(Br)c2)no1. The van der Waals surface area contributed by atoms with E-state index in [0.717, 1.165) is 10.0 Å². The lowest BCUT2D eigenvalue weighted by Gasteiger charge is -2.10. The summed E-state index contributed by atoms with van der Waals surface area (Å²) in [7, 11) is 0. The number of aromatic nitrogens is 2. The first-order valence-corrected chi connectivity index (χ1v) is 6.62. The molecule has 0 aliphatic rings. The van der Waals surface area contributed by atoms with E-state index in [1.54, 1.807) is 0 Å². The van der Waals surface area contributed by atoms with Gasteiger partial charge in [0.05, 0.1) is 12.5 Å². The van der Waals surface area contributed by atoms with E-state index < -0.39 is 6.10 Å². The summed E-state index contributed by atoms with van der Waals surface area (Å²) in [6, 6.07) is 7.69. The van der Waals surface area contributed by atoms with Gasteiger partial charge in [-0.2, -0.15) is 4.98 Å². The number of aliphatic hydroxyl groups is 1. The second kappa shape index (κ2) is 5.63. The molecule has 0 aliphatic heterocycles. The summed E-state index contributed by atoms with van der Waals surface area (Å²) in [6.45, 7) is 3.91. The van der Waals surface area contributed by atoms with Crippen LogP contribution < -0.4 is 0 Å². The van der Waals surface area contributed by atoms with Crippen LogP contribution in [0.3, 0.4) is 0 Å². The average molecular weight is 311 g/mol. The second-order valence-electron chi connectivity index (χ2n) is 4.54. The Morgan fingerprint density at radius 1 is 1.39 bits per heavy atom. The zero-order valence-electron chi connectivity index (χ0n) is 10.3. The summed E-state index contributed by atoms with van der Waals surface area (Å²) in [6.07, 6.45) is -0.0700. The number of aliphatic hydroxyl groups excluding tert-OH is 1. The summed E-state index contributed by atoms with van der Waals surface area (Å²) >= 11 is 3.40. The van der Waals surface area contributed by atoms with Gasteiger partial charge < -0.3 is 9.63 Å². The molecular weight excluding hydrogens is 296 g/mol. The van der Waals surface area contributed by atoms with Crippen molar-refractivity contribution in [1.29, 1.82) is 0 Å². The molecule has 96 valence electrons. The van der Waals surface area contributed by atoms with Crippen molar-refractivity contribution in [2.45, 2.75) is 26.4 Å². The van der Waals surface area contributed by atoms with Crippen molar-refractivity contribution in [2.75, 3.05) is 0 Å². The lowest BCUT2D eigenvalue weighted by Crippen LogP contribution is -2.17. The third kappa shape index (κ3) is 3.17. The van der Waals surface area contributed by atoms with Crippen molar-refractivity contribution >= 4 is 15.9 Å². The molecule has 0 aliphatic carbocycles. The molecule has 2 rings (SSSR count). The van der Waals surface area contributed by atoms with E-state index in [-0.39, 0.29) is 5.92 Å². The lowest BCUT2D eigenvalue weighted by atomic mass is 10.0. The van der Waals surface area contributed by atoms with E-state index in [0.29, 0.717) is 18.1 Å². The van der Waals surface area contributed by atoms with Gasteiger partial charge in [-0.05, 0) is 18.1 Å². The van der Waals surface area contributed by atoms with Crippen LogP contribution in [-0.2, 0) is 6.42 Å². The average Bonchev–Trinajstić information content (AvgIpc) is 2.77. The summed E-state index contributed by atoms with van der Waals surface area (Å²) in [4.78, 5) is 4.29. The Bertz CT molecular complexity index is 525. The molecule has 1 atom stereocenters. The monoisotopic (exact) mass is 310 g/mol. The molecule has 4 nitrogen and oxygen atoms in total. The number of benzene rings is 1. The first kappa shape index (κ1) is 13.2. The number of nitrogens with zero attached hydrogens (tertiary/aromatic N) is 2. The fourth-order valence-corrected chi connectivity index (χ4v) is 1.90. The van der Waals surface area contributed by atoms with Gasteiger partial charge in [0, 0.05) is 10.0 Å². The minimum absolute atomic E-state index is 0.172. The van der Waals surface area contributed by atoms with Crippen LogP contribution in [0.4, 0.5) is 0 Å². The van der Waals surface area contributed by atoms with Gasteiger partial charge >= 0.3 is 0 Å². The number of hydrogen-bond acceptors (Lipinski definition) is 4. The van der Waals surface area contributed by atoms with Crippen molar-refractivity contribution in [3.8, 4) is 11.4 Å². The maximum absolute atomic E-state index is 9.77. The molecule has 1 aromatic heterocycles. The second-order valence-corrected chi connectivity index (χ2v) is 5.45. The molecule has 18 heavy (non-hydrogen) atoms. The van der Waals surface area contributed by atoms with E-state index in [9.17, 15) is 5.11 Å². The highest BCUT2D eigenvalue weighted by Gasteiger charge is 2.15. The van der Waals surface area contributed by atoms with Crippen molar-refractivity contribution in [1.82, 2.24) is 10.1 Å². The highest BCUT2D eigenvalue weighted by molar-refractivity contribution is 9.10.